The van der Waals surface area contributed by atoms with Crippen LogP contribution in [0, 0.1) is 0 Å². The van der Waals surface area contributed by atoms with Gasteiger partial charge in [0.05, 0.1) is 0 Å². The van der Waals surface area contributed by atoms with Gasteiger partial charge in [0.15, 0.2) is 0 Å². The van der Waals surface area contributed by atoms with E-state index in [1.807, 2.05) is 18.2 Å². The predicted molar refractivity (Wildman–Crippen MR) is 53.5 cm³/mol. The Labute approximate surface area is 74.0 Å². The summed E-state index contributed by atoms with van der Waals surface area (Å²) in [6.45, 7) is 5.15. The average molecular weight is 164 g/mol. The molecule has 0 aliphatic rings. The van der Waals surface area contributed by atoms with Crippen LogP contribution in [0.5, 0.6) is 0 Å². The van der Waals surface area contributed by atoms with Crippen LogP contribution in [0.1, 0.15) is 6.92 Å². The maximum Gasteiger partial charge on any atom is 0.0340 e. The fourth-order valence-corrected chi connectivity index (χ4v) is 1.03. The first-order valence-corrected chi connectivity index (χ1v) is 4.43. The van der Waals surface area contributed by atoms with E-state index in [4.69, 9.17) is 0 Å². The van der Waals surface area contributed by atoms with Gasteiger partial charge >= 0.3 is 0 Å². The highest BCUT2D eigenvalue weighted by molar-refractivity contribution is 5.42. The summed E-state index contributed by atoms with van der Waals surface area (Å²) in [6.07, 6.45) is 0. The Hall–Kier alpha value is -1.02. The van der Waals surface area contributed by atoms with E-state index in [0.717, 1.165) is 19.6 Å². The highest BCUT2D eigenvalue weighted by atomic mass is 14.9. The van der Waals surface area contributed by atoms with E-state index >= 15 is 0 Å². The van der Waals surface area contributed by atoms with Gasteiger partial charge in [-0.05, 0) is 18.7 Å². The van der Waals surface area contributed by atoms with Crippen LogP contribution in [0.2, 0.25) is 0 Å². The lowest BCUT2D eigenvalue weighted by atomic mass is 10.3. The number of hydrogen-bond acceptors (Lipinski definition) is 2. The Kier molecular flexibility index (Phi) is 4.24. The van der Waals surface area contributed by atoms with Crippen LogP contribution in [0.15, 0.2) is 30.3 Å². The number of anilines is 1. The van der Waals surface area contributed by atoms with E-state index in [9.17, 15) is 0 Å². The second-order valence-electron chi connectivity index (χ2n) is 2.65. The number of hydrogen-bond donors (Lipinski definition) is 2. The Morgan fingerprint density at radius 2 is 1.83 bits per heavy atom. The first-order chi connectivity index (χ1) is 5.93. The zero-order valence-corrected chi connectivity index (χ0v) is 7.51. The molecule has 66 valence electrons. The number of nitrogens with one attached hydrogen (secondary N) is 2. The normalized spacial score (nSPS) is 9.75. The molecule has 0 spiro atoms. The molecule has 1 aromatic carbocycles. The van der Waals surface area contributed by atoms with Gasteiger partial charge in [0.25, 0.3) is 0 Å². The molecule has 0 aliphatic heterocycles. The van der Waals surface area contributed by atoms with Gasteiger partial charge in [0.1, 0.15) is 0 Å². The molecule has 2 heteroatoms. The number of para-hydroxylation sites is 1. The summed E-state index contributed by atoms with van der Waals surface area (Å²) in [5.41, 5.74) is 1.19. The first kappa shape index (κ1) is 9.07. The van der Waals surface area contributed by atoms with Crippen LogP contribution in [0.4, 0.5) is 5.69 Å². The van der Waals surface area contributed by atoms with E-state index < -0.39 is 0 Å². The zero-order valence-electron chi connectivity index (χ0n) is 7.51. The van der Waals surface area contributed by atoms with Crippen LogP contribution in [0.25, 0.3) is 0 Å². The molecular formula is C10H16N2. The van der Waals surface area contributed by atoms with Gasteiger partial charge in [-0.2, -0.15) is 0 Å². The SMILES string of the molecule is CCNCCNc1ccccc1. The second kappa shape index (κ2) is 5.61. The van der Waals surface area contributed by atoms with Crippen molar-refractivity contribution in [2.45, 2.75) is 6.92 Å². The molecule has 2 nitrogen and oxygen atoms in total. The summed E-state index contributed by atoms with van der Waals surface area (Å²) in [6, 6.07) is 10.2. The molecule has 1 aromatic rings. The molecule has 12 heavy (non-hydrogen) atoms. The summed E-state index contributed by atoms with van der Waals surface area (Å²) >= 11 is 0. The van der Waals surface area contributed by atoms with Gasteiger partial charge in [-0.1, -0.05) is 25.1 Å². The number of benzene rings is 1. The highest BCUT2D eigenvalue weighted by Crippen LogP contribution is 2.03. The standard InChI is InChI=1S/C10H16N2/c1-2-11-8-9-12-10-6-4-3-5-7-10/h3-7,11-12H,2,8-9H2,1H3. The van der Waals surface area contributed by atoms with Crippen LogP contribution in [-0.4, -0.2) is 19.6 Å². The molecule has 0 aromatic heterocycles. The molecule has 0 aliphatic carbocycles. The van der Waals surface area contributed by atoms with Crippen molar-refractivity contribution in [3.05, 3.63) is 30.3 Å². The molecule has 0 saturated carbocycles. The molecule has 0 heterocycles. The van der Waals surface area contributed by atoms with Crippen molar-refractivity contribution < 1.29 is 0 Å². The molecule has 0 bridgehead atoms. The quantitative estimate of drug-likeness (QED) is 0.647. The molecule has 0 fully saturated rings. The van der Waals surface area contributed by atoms with Gasteiger partial charge in [-0.15, -0.1) is 0 Å². The van der Waals surface area contributed by atoms with Gasteiger partial charge in [-0.3, -0.25) is 0 Å². The number of likely N-dealkylation sites (N-methyl/N-ethyl adjacent to an activating group) is 1. The average Bonchev–Trinajstić information content (AvgIpc) is 2.14. The fraction of sp³-hybridized carbons (Fsp3) is 0.400. The van der Waals surface area contributed by atoms with Gasteiger partial charge < -0.3 is 10.6 Å². The predicted octanol–water partition coefficient (Wildman–Crippen LogP) is 1.71. The minimum absolute atomic E-state index is 0.984. The van der Waals surface area contributed by atoms with E-state index in [1.165, 1.54) is 5.69 Å². The zero-order chi connectivity index (χ0) is 8.65. The maximum absolute atomic E-state index is 3.32. The molecular weight excluding hydrogens is 148 g/mol. The molecule has 0 amide bonds. The van der Waals surface area contributed by atoms with Crippen LogP contribution in [0.3, 0.4) is 0 Å². The maximum atomic E-state index is 3.32. The van der Waals surface area contributed by atoms with E-state index in [2.05, 4.69) is 29.7 Å². The Morgan fingerprint density at radius 3 is 2.50 bits per heavy atom. The van der Waals surface area contributed by atoms with Gasteiger partial charge in [0, 0.05) is 18.8 Å². The van der Waals surface area contributed by atoms with Crippen molar-refractivity contribution in [2.75, 3.05) is 25.0 Å². The molecule has 0 unspecified atom stereocenters. The Bertz CT molecular complexity index is 196. The van der Waals surface area contributed by atoms with Crippen LogP contribution >= 0.6 is 0 Å². The van der Waals surface area contributed by atoms with Crippen molar-refractivity contribution in [1.29, 1.82) is 0 Å². The third kappa shape index (κ3) is 3.39. The van der Waals surface area contributed by atoms with E-state index in [0.29, 0.717) is 0 Å². The largest absolute Gasteiger partial charge is 0.384 e. The highest BCUT2D eigenvalue weighted by Gasteiger charge is 1.86. The minimum atomic E-state index is 0.984. The molecule has 2 N–H and O–H groups in total. The van der Waals surface area contributed by atoms with E-state index in [1.54, 1.807) is 0 Å². The van der Waals surface area contributed by atoms with Crippen LogP contribution < -0.4 is 10.6 Å². The van der Waals surface area contributed by atoms with Crippen molar-refractivity contribution >= 4 is 5.69 Å². The van der Waals surface area contributed by atoms with Crippen molar-refractivity contribution in [3.63, 3.8) is 0 Å². The van der Waals surface area contributed by atoms with Crippen molar-refractivity contribution in [2.24, 2.45) is 0 Å². The molecule has 0 radical (unpaired) electrons. The third-order valence-corrected chi connectivity index (χ3v) is 1.65. The second-order valence-corrected chi connectivity index (χ2v) is 2.65. The summed E-state index contributed by atoms with van der Waals surface area (Å²) in [5, 5.41) is 6.57. The molecule has 0 saturated heterocycles. The first-order valence-electron chi connectivity index (χ1n) is 4.43. The lowest BCUT2D eigenvalue weighted by Gasteiger charge is -2.05. The molecule has 1 rings (SSSR count). The smallest absolute Gasteiger partial charge is 0.0340 e. The monoisotopic (exact) mass is 164 g/mol. The van der Waals surface area contributed by atoms with Gasteiger partial charge in [0.2, 0.25) is 0 Å². The summed E-state index contributed by atoms with van der Waals surface area (Å²) in [5.74, 6) is 0. The topological polar surface area (TPSA) is 24.1 Å². The minimum Gasteiger partial charge on any atom is -0.384 e. The summed E-state index contributed by atoms with van der Waals surface area (Å²) in [7, 11) is 0. The van der Waals surface area contributed by atoms with Crippen LogP contribution in [-0.2, 0) is 0 Å². The third-order valence-electron chi connectivity index (χ3n) is 1.65. The summed E-state index contributed by atoms with van der Waals surface area (Å²) < 4.78 is 0. The lowest BCUT2D eigenvalue weighted by molar-refractivity contribution is 0.739. The Morgan fingerprint density at radius 1 is 1.08 bits per heavy atom. The van der Waals surface area contributed by atoms with Crippen molar-refractivity contribution in [3.8, 4) is 0 Å². The lowest BCUT2D eigenvalue weighted by Crippen LogP contribution is -2.21. The van der Waals surface area contributed by atoms with Gasteiger partial charge in [-0.25, -0.2) is 0 Å². The molecule has 0 atom stereocenters. The number of rotatable bonds is 5. The fourth-order valence-electron chi connectivity index (χ4n) is 1.03. The van der Waals surface area contributed by atoms with Crippen molar-refractivity contribution in [1.82, 2.24) is 5.32 Å². The van der Waals surface area contributed by atoms with E-state index in [-0.39, 0.29) is 0 Å². The Balaban J connectivity index is 2.16. The summed E-state index contributed by atoms with van der Waals surface area (Å²) in [4.78, 5) is 0.